The summed E-state index contributed by atoms with van der Waals surface area (Å²) in [4.78, 5) is 65.7. The molecule has 0 bridgehead atoms. The summed E-state index contributed by atoms with van der Waals surface area (Å²) in [6.45, 7) is 11.2. The number of ether oxygens (including phenoxy) is 8. The van der Waals surface area contributed by atoms with Crippen molar-refractivity contribution in [2.75, 3.05) is 32.9 Å². The molecule has 0 spiro atoms. The molecule has 3 aromatic carbocycles. The van der Waals surface area contributed by atoms with Gasteiger partial charge >= 0.3 is 34.3 Å². The summed E-state index contributed by atoms with van der Waals surface area (Å²) in [6.07, 6.45) is -8.38. The monoisotopic (exact) mass is 1170 g/mol. The number of hydrogen-bond acceptors (Lipinski definition) is 22. The Morgan fingerprint density at radius 3 is 1.87 bits per heavy atom. The van der Waals surface area contributed by atoms with Gasteiger partial charge in [0.25, 0.3) is 5.91 Å². The number of carbonyl (C=O) groups is 5. The number of halogens is 2. The number of carbonyl (C=O) groups excluding carboxylic acids is 5. The van der Waals surface area contributed by atoms with E-state index in [1.54, 1.807) is 0 Å². The number of nitrogens with one attached hydrogen (secondary N) is 1. The zero-order chi connectivity index (χ0) is 56.8. The second kappa shape index (κ2) is 26.8. The van der Waals surface area contributed by atoms with Crippen LogP contribution in [0, 0.1) is 10.8 Å². The molecule has 1 aliphatic heterocycles. The first-order valence-electron chi connectivity index (χ1n) is 22.5. The first kappa shape index (κ1) is 62.4. The van der Waals surface area contributed by atoms with Crippen molar-refractivity contribution < 1.29 is 95.5 Å². The minimum absolute atomic E-state index is 0.0319. The van der Waals surface area contributed by atoms with Gasteiger partial charge in [0, 0.05) is 83.6 Å². The Labute approximate surface area is 447 Å². The smallest absolute Gasteiger partial charge is 0.489 e. The summed E-state index contributed by atoms with van der Waals surface area (Å²) >= 11 is 0. The van der Waals surface area contributed by atoms with Crippen molar-refractivity contribution in [2.45, 2.75) is 104 Å². The van der Waals surface area contributed by atoms with Crippen LogP contribution in [0.4, 0.5) is 0 Å². The van der Waals surface area contributed by atoms with E-state index in [1.807, 2.05) is 27.7 Å². The number of azide groups is 1. The third-order valence-corrected chi connectivity index (χ3v) is 12.9. The summed E-state index contributed by atoms with van der Waals surface area (Å²) in [5.41, 5.74) is 7.98. The van der Waals surface area contributed by atoms with Gasteiger partial charge in [-0.25, -0.2) is 16.8 Å². The number of nitrogens with zero attached hydrogens (tertiary/aromatic N) is 3. The van der Waals surface area contributed by atoms with Gasteiger partial charge in [-0.15, -0.1) is 8.42 Å². The maximum absolute atomic E-state index is 13.7. The Morgan fingerprint density at radius 2 is 1.28 bits per heavy atom. The van der Waals surface area contributed by atoms with Crippen LogP contribution in [0.15, 0.2) is 65.8 Å². The molecule has 0 unspecified atom stereocenters. The summed E-state index contributed by atoms with van der Waals surface area (Å²) in [5, 5.41) is 6.36. The molecular weight excluding hydrogens is 1110 g/mol. The second-order valence-electron chi connectivity index (χ2n) is 18.6. The molecule has 76 heavy (non-hydrogen) atoms. The Hall–Kier alpha value is -6.13. The fraction of sp³-hybridized carbons (Fsp3) is 0.500. The van der Waals surface area contributed by atoms with E-state index in [1.165, 1.54) is 48.5 Å². The predicted octanol–water partition coefficient (Wildman–Crippen LogP) is 5.68. The lowest BCUT2D eigenvalue weighted by atomic mass is 9.93. The topological polar surface area (TPSA) is 341 Å². The highest BCUT2D eigenvalue weighted by atomic mass is 35.7. The van der Waals surface area contributed by atoms with Gasteiger partial charge in [0.15, 0.2) is 23.7 Å². The Morgan fingerprint density at radius 1 is 0.697 bits per heavy atom. The molecule has 1 saturated heterocycles. The SMILES string of the molecule is CC(=O)OC[C@@H]1O[C@H](Oc2ccc(C(=O)NCC(C)(C)COCC(C)(C)CN=[N+]=[N-])cc2OS(=O)(=O)Oc2ccc(COc3ccc(CS(=O)(=O)Cl)cc3CS(=O)(=O)Cl)cc2)[C@@H](OC(C)=O)[C@H](OC(C)=O)[C@@H]1OC(C)=O. The van der Waals surface area contributed by atoms with Crippen molar-refractivity contribution in [3.8, 4) is 23.0 Å². The minimum Gasteiger partial charge on any atom is -0.489 e. The van der Waals surface area contributed by atoms with Gasteiger partial charge in [-0.05, 0) is 64.5 Å². The highest BCUT2D eigenvalue weighted by Gasteiger charge is 2.53. The molecule has 0 saturated carbocycles. The van der Waals surface area contributed by atoms with Crippen LogP contribution in [-0.2, 0) is 94.2 Å². The molecule has 4 rings (SSSR count). The lowest BCUT2D eigenvalue weighted by Gasteiger charge is -2.43. The summed E-state index contributed by atoms with van der Waals surface area (Å²) in [5.74, 6) is -7.15. The number of esters is 4. The van der Waals surface area contributed by atoms with E-state index in [0.717, 1.165) is 39.8 Å². The van der Waals surface area contributed by atoms with Gasteiger partial charge in [0.05, 0.1) is 24.7 Å². The number of hydrogen-bond donors (Lipinski definition) is 1. The van der Waals surface area contributed by atoms with Crippen molar-refractivity contribution in [3.05, 3.63) is 93.4 Å². The number of amides is 1. The van der Waals surface area contributed by atoms with Crippen LogP contribution < -0.4 is 23.2 Å². The molecule has 1 N–H and O–H groups in total. The predicted molar refractivity (Wildman–Crippen MR) is 268 cm³/mol. The van der Waals surface area contributed by atoms with E-state index in [0.29, 0.717) is 5.56 Å². The largest absolute Gasteiger partial charge is 0.501 e. The highest BCUT2D eigenvalue weighted by molar-refractivity contribution is 8.13. The molecule has 1 fully saturated rings. The molecule has 0 aliphatic carbocycles. The standard InChI is InChI=1S/C46H56Cl2N4O21S3/c1-27(53)65-20-39-40(67-28(2)54)41(68-29(3)55)42(69-30(4)56)44(71-39)70-37-16-12-33(43(57)50-23-45(5,6)25-64-26-46(7,8)24-51-52-49)18-38(37)73-76(62,63)72-35-13-9-31(10-14-35)19-66-36-15-11-32(21-74(47,58)59)17-34(36)22-75(48,60)61/h9-18,39-42,44H,19-26H2,1-8H3,(H,50,57)/t39-,40+,41+,42-,44-/m0/s1. The molecule has 418 valence electrons. The molecule has 1 heterocycles. The lowest BCUT2D eigenvalue weighted by molar-refractivity contribution is -0.288. The van der Waals surface area contributed by atoms with Crippen LogP contribution in [0.1, 0.15) is 82.4 Å². The highest BCUT2D eigenvalue weighted by Crippen LogP contribution is 2.37. The molecule has 5 atom stereocenters. The van der Waals surface area contributed by atoms with Gasteiger partial charge in [-0.1, -0.05) is 51.0 Å². The number of benzene rings is 3. The van der Waals surface area contributed by atoms with Crippen molar-refractivity contribution in [3.63, 3.8) is 0 Å². The maximum atomic E-state index is 13.7. The fourth-order valence-electron chi connectivity index (χ4n) is 6.97. The minimum atomic E-state index is -5.19. The average Bonchev–Trinajstić information content (AvgIpc) is 3.27. The first-order valence-corrected chi connectivity index (χ1v) is 28.8. The maximum Gasteiger partial charge on any atom is 0.501 e. The third kappa shape index (κ3) is 21.5. The average molecular weight is 1170 g/mol. The van der Waals surface area contributed by atoms with Gasteiger partial charge in [0.1, 0.15) is 30.8 Å². The van der Waals surface area contributed by atoms with Gasteiger partial charge in [-0.3, -0.25) is 24.0 Å². The molecule has 0 radical (unpaired) electrons. The van der Waals surface area contributed by atoms with Gasteiger partial charge in [0.2, 0.25) is 30.5 Å². The third-order valence-electron chi connectivity index (χ3n) is 10.2. The molecule has 1 amide bonds. The Kier molecular flexibility index (Phi) is 22.0. The fourth-order valence-corrected chi connectivity index (χ4v) is 9.61. The molecule has 25 nitrogen and oxygen atoms in total. The normalized spacial score (nSPS) is 17.9. The van der Waals surface area contributed by atoms with E-state index in [2.05, 4.69) is 15.3 Å². The molecule has 30 heteroatoms. The zero-order valence-corrected chi connectivity index (χ0v) is 46.2. The molecule has 3 aromatic rings. The Balaban J connectivity index is 1.67. The summed E-state index contributed by atoms with van der Waals surface area (Å²) in [7, 11) is -2.48. The van der Waals surface area contributed by atoms with Crippen LogP contribution in [0.5, 0.6) is 23.0 Å². The van der Waals surface area contributed by atoms with Crippen LogP contribution in [0.3, 0.4) is 0 Å². The van der Waals surface area contributed by atoms with E-state index >= 15 is 0 Å². The van der Waals surface area contributed by atoms with Crippen molar-refractivity contribution in [2.24, 2.45) is 15.9 Å². The lowest BCUT2D eigenvalue weighted by Crippen LogP contribution is -2.63. The van der Waals surface area contributed by atoms with Crippen molar-refractivity contribution in [1.29, 1.82) is 0 Å². The quantitative estimate of drug-likeness (QED) is 0.0240. The van der Waals surface area contributed by atoms with Crippen LogP contribution in [-0.4, -0.2) is 119 Å². The molecule has 0 aromatic heterocycles. The molecular formula is C46H56Cl2N4O21S3. The first-order chi connectivity index (χ1) is 35.2. The van der Waals surface area contributed by atoms with Crippen LogP contribution in [0.2, 0.25) is 0 Å². The van der Waals surface area contributed by atoms with Crippen molar-refractivity contribution >= 4 is 79.6 Å². The molecule has 1 aliphatic rings. The Bertz CT molecular complexity index is 2990. The van der Waals surface area contributed by atoms with Crippen LogP contribution in [0.25, 0.3) is 10.4 Å². The second-order valence-corrected chi connectivity index (χ2v) is 25.3. The van der Waals surface area contributed by atoms with E-state index in [4.69, 9.17) is 73.2 Å². The van der Waals surface area contributed by atoms with E-state index < -0.39 is 129 Å². The zero-order valence-electron chi connectivity index (χ0n) is 42.2. The number of rotatable bonds is 27. The summed E-state index contributed by atoms with van der Waals surface area (Å²) < 4.78 is 131. The van der Waals surface area contributed by atoms with E-state index in [-0.39, 0.29) is 61.1 Å². The van der Waals surface area contributed by atoms with Crippen LogP contribution >= 0.6 is 21.4 Å². The summed E-state index contributed by atoms with van der Waals surface area (Å²) in [6, 6.07) is 12.5. The van der Waals surface area contributed by atoms with E-state index in [9.17, 15) is 49.2 Å². The van der Waals surface area contributed by atoms with Gasteiger partial charge in [-0.2, -0.15) is 0 Å². The van der Waals surface area contributed by atoms with Gasteiger partial charge < -0.3 is 51.6 Å². The van der Waals surface area contributed by atoms with Crippen molar-refractivity contribution in [1.82, 2.24) is 5.32 Å².